The van der Waals surface area contributed by atoms with E-state index in [0.29, 0.717) is 5.69 Å². The van der Waals surface area contributed by atoms with Crippen molar-refractivity contribution in [3.05, 3.63) is 24.3 Å². The lowest BCUT2D eigenvalue weighted by Gasteiger charge is -2.21. The van der Waals surface area contributed by atoms with Crippen molar-refractivity contribution in [2.75, 3.05) is 11.1 Å². The predicted molar refractivity (Wildman–Crippen MR) is 72.6 cm³/mol. The zero-order valence-corrected chi connectivity index (χ0v) is 10.4. The van der Waals surface area contributed by atoms with E-state index in [4.69, 9.17) is 11.5 Å². The first-order chi connectivity index (χ1) is 8.13. The topological polar surface area (TPSA) is 84.3 Å². The van der Waals surface area contributed by atoms with Gasteiger partial charge in [-0.15, -0.1) is 0 Å². The maximum absolute atomic E-state index is 9.85. The largest absolute Gasteiger partial charge is 0.399 e. The molecule has 17 heavy (non-hydrogen) atoms. The molecule has 2 atom stereocenters. The van der Waals surface area contributed by atoms with E-state index in [1.54, 1.807) is 12.1 Å². The highest BCUT2D eigenvalue weighted by atomic mass is 16.3. The van der Waals surface area contributed by atoms with Crippen molar-refractivity contribution in [3.63, 3.8) is 0 Å². The number of hydrogen-bond acceptors (Lipinski definition) is 4. The molecule has 4 nitrogen and oxygen atoms in total. The molecular formula is C13H23N3O. The molecule has 2 unspecified atom stereocenters. The first kappa shape index (κ1) is 13.8. The summed E-state index contributed by atoms with van der Waals surface area (Å²) in [6, 6.07) is 7.32. The SMILES string of the molecule is CCCCCC(O)C(N)Nc1ccc(N)cc1. The number of aliphatic hydroxyl groups is 1. The van der Waals surface area contributed by atoms with Crippen LogP contribution < -0.4 is 16.8 Å². The van der Waals surface area contributed by atoms with Crippen LogP contribution in [0.1, 0.15) is 32.6 Å². The number of benzene rings is 1. The number of rotatable bonds is 7. The lowest BCUT2D eigenvalue weighted by Crippen LogP contribution is -2.41. The number of anilines is 2. The minimum Gasteiger partial charge on any atom is -0.399 e. The van der Waals surface area contributed by atoms with Crippen molar-refractivity contribution in [1.29, 1.82) is 0 Å². The molecule has 96 valence electrons. The average Bonchev–Trinajstić information content (AvgIpc) is 2.32. The van der Waals surface area contributed by atoms with Crippen molar-refractivity contribution in [1.82, 2.24) is 0 Å². The molecule has 0 aliphatic carbocycles. The summed E-state index contributed by atoms with van der Waals surface area (Å²) in [6.07, 6.45) is 3.07. The summed E-state index contributed by atoms with van der Waals surface area (Å²) in [5.74, 6) is 0. The van der Waals surface area contributed by atoms with Gasteiger partial charge in [-0.05, 0) is 30.7 Å². The number of unbranched alkanes of at least 4 members (excludes halogenated alkanes) is 2. The molecule has 1 aromatic rings. The molecule has 4 heteroatoms. The Kier molecular flexibility index (Phi) is 5.80. The second-order valence-corrected chi connectivity index (χ2v) is 4.36. The Labute approximate surface area is 103 Å². The summed E-state index contributed by atoms with van der Waals surface area (Å²) in [5.41, 5.74) is 13.1. The normalized spacial score (nSPS) is 14.3. The lowest BCUT2D eigenvalue weighted by atomic mass is 10.1. The first-order valence-corrected chi connectivity index (χ1v) is 6.19. The lowest BCUT2D eigenvalue weighted by molar-refractivity contribution is 0.141. The average molecular weight is 237 g/mol. The van der Waals surface area contributed by atoms with E-state index in [0.717, 1.165) is 31.4 Å². The van der Waals surface area contributed by atoms with Crippen LogP contribution in [-0.4, -0.2) is 17.4 Å². The summed E-state index contributed by atoms with van der Waals surface area (Å²) in [6.45, 7) is 2.14. The molecule has 0 aliphatic heterocycles. The van der Waals surface area contributed by atoms with Crippen molar-refractivity contribution in [2.24, 2.45) is 5.73 Å². The van der Waals surface area contributed by atoms with Gasteiger partial charge >= 0.3 is 0 Å². The number of nitrogens with one attached hydrogen (secondary N) is 1. The number of aliphatic hydroxyl groups excluding tert-OH is 1. The maximum Gasteiger partial charge on any atom is 0.101 e. The van der Waals surface area contributed by atoms with E-state index in [1.807, 2.05) is 12.1 Å². The third-order valence-corrected chi connectivity index (χ3v) is 2.76. The number of nitrogen functional groups attached to an aromatic ring is 1. The van der Waals surface area contributed by atoms with E-state index in [1.165, 1.54) is 0 Å². The molecule has 0 heterocycles. The summed E-state index contributed by atoms with van der Waals surface area (Å²) in [7, 11) is 0. The molecule has 0 spiro atoms. The Balaban J connectivity index is 2.37. The van der Waals surface area contributed by atoms with Gasteiger partial charge in [0.05, 0.1) is 6.10 Å². The summed E-state index contributed by atoms with van der Waals surface area (Å²) < 4.78 is 0. The fraction of sp³-hybridized carbons (Fsp3) is 0.538. The highest BCUT2D eigenvalue weighted by molar-refractivity contribution is 5.51. The molecule has 0 fully saturated rings. The Morgan fingerprint density at radius 2 is 1.88 bits per heavy atom. The van der Waals surface area contributed by atoms with Crippen LogP contribution >= 0.6 is 0 Å². The van der Waals surface area contributed by atoms with Crippen molar-refractivity contribution < 1.29 is 5.11 Å². The summed E-state index contributed by atoms with van der Waals surface area (Å²) in [4.78, 5) is 0. The second kappa shape index (κ2) is 7.14. The van der Waals surface area contributed by atoms with Crippen LogP contribution in [0.15, 0.2) is 24.3 Å². The van der Waals surface area contributed by atoms with Gasteiger partial charge in [-0.3, -0.25) is 0 Å². The van der Waals surface area contributed by atoms with Crippen LogP contribution in [0, 0.1) is 0 Å². The van der Waals surface area contributed by atoms with Gasteiger partial charge in [0.25, 0.3) is 0 Å². The quantitative estimate of drug-likeness (QED) is 0.331. The molecule has 0 saturated heterocycles. The van der Waals surface area contributed by atoms with Crippen LogP contribution in [0.25, 0.3) is 0 Å². The Bertz CT molecular complexity index is 313. The van der Waals surface area contributed by atoms with E-state index >= 15 is 0 Å². The van der Waals surface area contributed by atoms with Crippen LogP contribution in [0.2, 0.25) is 0 Å². The zero-order chi connectivity index (χ0) is 12.7. The standard InChI is InChI=1S/C13H23N3O/c1-2-3-4-5-12(17)13(15)16-11-8-6-10(14)7-9-11/h6-9,12-13,16-17H,2-5,14-15H2,1H3. The van der Waals surface area contributed by atoms with Gasteiger partial charge in [-0.1, -0.05) is 26.2 Å². The number of nitrogens with two attached hydrogens (primary N) is 2. The van der Waals surface area contributed by atoms with Crippen LogP contribution in [0.3, 0.4) is 0 Å². The molecule has 0 amide bonds. The van der Waals surface area contributed by atoms with Crippen molar-refractivity contribution >= 4 is 11.4 Å². The molecule has 0 saturated carbocycles. The summed E-state index contributed by atoms with van der Waals surface area (Å²) in [5, 5.41) is 12.9. The molecule has 0 radical (unpaired) electrons. The van der Waals surface area contributed by atoms with Gasteiger partial charge in [0.2, 0.25) is 0 Å². The number of hydrogen-bond donors (Lipinski definition) is 4. The molecule has 0 aliphatic rings. The van der Waals surface area contributed by atoms with Gasteiger partial charge < -0.3 is 21.9 Å². The van der Waals surface area contributed by atoms with Gasteiger partial charge in [0.15, 0.2) is 0 Å². The molecule has 6 N–H and O–H groups in total. The monoisotopic (exact) mass is 237 g/mol. The van der Waals surface area contributed by atoms with Crippen LogP contribution in [-0.2, 0) is 0 Å². The highest BCUT2D eigenvalue weighted by Crippen LogP contribution is 2.13. The van der Waals surface area contributed by atoms with Crippen molar-refractivity contribution in [3.8, 4) is 0 Å². The van der Waals surface area contributed by atoms with Crippen LogP contribution in [0.4, 0.5) is 11.4 Å². The van der Waals surface area contributed by atoms with Crippen LogP contribution in [0.5, 0.6) is 0 Å². The molecule has 0 aromatic heterocycles. The fourth-order valence-electron chi connectivity index (χ4n) is 1.65. The Morgan fingerprint density at radius 3 is 2.47 bits per heavy atom. The van der Waals surface area contributed by atoms with E-state index < -0.39 is 12.3 Å². The summed E-state index contributed by atoms with van der Waals surface area (Å²) >= 11 is 0. The highest BCUT2D eigenvalue weighted by Gasteiger charge is 2.13. The predicted octanol–water partition coefficient (Wildman–Crippen LogP) is 1.91. The third kappa shape index (κ3) is 5.06. The Morgan fingerprint density at radius 1 is 1.24 bits per heavy atom. The van der Waals surface area contributed by atoms with E-state index in [-0.39, 0.29) is 0 Å². The smallest absolute Gasteiger partial charge is 0.101 e. The minimum atomic E-state index is -0.515. The third-order valence-electron chi connectivity index (χ3n) is 2.76. The first-order valence-electron chi connectivity index (χ1n) is 6.19. The minimum absolute atomic E-state index is 0.435. The van der Waals surface area contributed by atoms with Gasteiger partial charge in [-0.2, -0.15) is 0 Å². The maximum atomic E-state index is 9.85. The van der Waals surface area contributed by atoms with Crippen molar-refractivity contribution in [2.45, 2.75) is 44.9 Å². The second-order valence-electron chi connectivity index (χ2n) is 4.36. The van der Waals surface area contributed by atoms with Gasteiger partial charge in [-0.25, -0.2) is 0 Å². The molecule has 1 rings (SSSR count). The fourth-order valence-corrected chi connectivity index (χ4v) is 1.65. The van der Waals surface area contributed by atoms with E-state index in [9.17, 15) is 5.11 Å². The zero-order valence-electron chi connectivity index (χ0n) is 10.4. The molecule has 1 aromatic carbocycles. The van der Waals surface area contributed by atoms with Gasteiger partial charge in [0.1, 0.15) is 6.17 Å². The van der Waals surface area contributed by atoms with E-state index in [2.05, 4.69) is 12.2 Å². The Hall–Kier alpha value is -1.26. The molecular weight excluding hydrogens is 214 g/mol. The van der Waals surface area contributed by atoms with Gasteiger partial charge in [0, 0.05) is 11.4 Å². The molecule has 0 bridgehead atoms.